The van der Waals surface area contributed by atoms with E-state index in [4.69, 9.17) is 4.74 Å². The van der Waals surface area contributed by atoms with Gasteiger partial charge in [-0.2, -0.15) is 0 Å². The Bertz CT molecular complexity index is 1440. The van der Waals surface area contributed by atoms with Crippen LogP contribution in [0.4, 0.5) is 22.7 Å². The Morgan fingerprint density at radius 3 is 1.60 bits per heavy atom. The second-order valence-corrected chi connectivity index (χ2v) is 9.38. The smallest absolute Gasteiger partial charge is 0.266 e. The number of hydrogen-bond acceptors (Lipinski definition) is 4. The van der Waals surface area contributed by atoms with Crippen LogP contribution in [-0.4, -0.2) is 18.9 Å². The van der Waals surface area contributed by atoms with E-state index >= 15 is 0 Å². The molecule has 6 rings (SSSR count). The van der Waals surface area contributed by atoms with Crippen LogP contribution in [0, 0.1) is 0 Å². The Hall–Kier alpha value is -4.38. The lowest BCUT2D eigenvalue weighted by atomic mass is 9.73. The molecule has 172 valence electrons. The number of nitrogens with zero attached hydrogens (tertiary/aromatic N) is 2. The third-order valence-electron chi connectivity index (χ3n) is 7.06. The molecule has 0 bridgehead atoms. The van der Waals surface area contributed by atoms with Gasteiger partial charge in [0.2, 0.25) is 0 Å². The fourth-order valence-corrected chi connectivity index (χ4v) is 5.32. The van der Waals surface area contributed by atoms with E-state index in [1.807, 2.05) is 24.3 Å². The lowest BCUT2D eigenvalue weighted by Gasteiger charge is -2.42. The monoisotopic (exact) mass is 460 g/mol. The van der Waals surface area contributed by atoms with Gasteiger partial charge in [-0.05, 0) is 41.5 Å². The molecular weight excluding hydrogens is 436 g/mol. The number of benzene rings is 4. The van der Waals surface area contributed by atoms with E-state index in [2.05, 4.69) is 55.1 Å². The van der Waals surface area contributed by atoms with Crippen molar-refractivity contribution in [1.29, 1.82) is 0 Å². The van der Waals surface area contributed by atoms with E-state index in [-0.39, 0.29) is 17.2 Å². The maximum atomic E-state index is 13.2. The van der Waals surface area contributed by atoms with Crippen molar-refractivity contribution in [3.05, 3.63) is 113 Å². The molecule has 4 aromatic carbocycles. The summed E-state index contributed by atoms with van der Waals surface area (Å²) in [6.07, 6.45) is 0. The lowest BCUT2D eigenvalue weighted by Crippen LogP contribution is -2.31. The summed E-state index contributed by atoms with van der Waals surface area (Å²) in [5.41, 5.74) is 6.43. The number of fused-ring (bicyclic) bond motifs is 3. The van der Waals surface area contributed by atoms with Crippen molar-refractivity contribution in [3.63, 3.8) is 0 Å². The van der Waals surface area contributed by atoms with Crippen LogP contribution in [0.2, 0.25) is 0 Å². The molecule has 0 spiro atoms. The highest BCUT2D eigenvalue weighted by molar-refractivity contribution is 6.34. The van der Waals surface area contributed by atoms with Gasteiger partial charge in [-0.25, -0.2) is 4.90 Å². The first kappa shape index (κ1) is 21.2. The minimum Gasteiger partial charge on any atom is -0.497 e. The molecule has 0 N–H and O–H groups in total. The summed E-state index contributed by atoms with van der Waals surface area (Å²) >= 11 is 0. The molecule has 0 atom stereocenters. The van der Waals surface area contributed by atoms with Gasteiger partial charge in [-0.1, -0.05) is 62.4 Å². The zero-order valence-electron chi connectivity index (χ0n) is 19.8. The highest BCUT2D eigenvalue weighted by atomic mass is 16.5. The van der Waals surface area contributed by atoms with Crippen LogP contribution in [-0.2, 0) is 5.41 Å². The number of methoxy groups -OCH3 is 1. The van der Waals surface area contributed by atoms with Crippen molar-refractivity contribution in [2.24, 2.45) is 0 Å². The van der Waals surface area contributed by atoms with E-state index in [1.54, 1.807) is 37.4 Å². The summed E-state index contributed by atoms with van der Waals surface area (Å²) in [6, 6.07) is 29.2. The molecule has 4 aromatic rings. The number of carbonyl (C=O) groups is 2. The maximum Gasteiger partial charge on any atom is 0.266 e. The predicted molar refractivity (Wildman–Crippen MR) is 137 cm³/mol. The first-order valence-corrected chi connectivity index (χ1v) is 11.6. The number of rotatable bonds is 3. The molecule has 0 fully saturated rings. The molecule has 0 saturated heterocycles. The van der Waals surface area contributed by atoms with Crippen LogP contribution < -0.4 is 14.5 Å². The SMILES string of the molecule is COc1cc(N2C(=O)c3ccccc3C2=O)cc(N2c3ccccc3C(C)(C)c3ccccc32)c1. The van der Waals surface area contributed by atoms with E-state index in [9.17, 15) is 9.59 Å². The number of para-hydroxylation sites is 2. The summed E-state index contributed by atoms with van der Waals surface area (Å²) in [6.45, 7) is 4.47. The Morgan fingerprint density at radius 2 is 1.09 bits per heavy atom. The van der Waals surface area contributed by atoms with Crippen molar-refractivity contribution in [2.75, 3.05) is 16.9 Å². The molecule has 0 unspecified atom stereocenters. The fraction of sp³-hybridized carbons (Fsp3) is 0.133. The Kier molecular flexibility index (Phi) is 4.58. The Labute approximate surface area is 204 Å². The number of carbonyl (C=O) groups excluding carboxylic acids is 2. The third-order valence-corrected chi connectivity index (χ3v) is 7.06. The lowest BCUT2D eigenvalue weighted by molar-refractivity contribution is 0.0926. The Morgan fingerprint density at radius 1 is 0.629 bits per heavy atom. The number of anilines is 4. The standard InChI is InChI=1S/C30H24N2O3/c1-30(2)24-12-6-8-14-26(24)31(27-15-9-7-13-25(27)30)19-16-20(18-21(17-19)35-3)32-28(33)22-10-4-5-11-23(22)29(32)34/h4-18H,1-3H3. The maximum absolute atomic E-state index is 13.2. The van der Waals surface area contributed by atoms with Crippen molar-refractivity contribution < 1.29 is 14.3 Å². The van der Waals surface area contributed by atoms with Crippen LogP contribution in [0.5, 0.6) is 5.75 Å². The van der Waals surface area contributed by atoms with E-state index in [0.717, 1.165) is 17.1 Å². The second kappa shape index (κ2) is 7.57. The molecule has 5 nitrogen and oxygen atoms in total. The van der Waals surface area contributed by atoms with Gasteiger partial charge >= 0.3 is 0 Å². The molecule has 0 aromatic heterocycles. The van der Waals surface area contributed by atoms with Crippen LogP contribution in [0.15, 0.2) is 91.0 Å². The summed E-state index contributed by atoms with van der Waals surface area (Å²) < 4.78 is 5.63. The van der Waals surface area contributed by atoms with Gasteiger partial charge in [0.1, 0.15) is 5.75 Å². The minimum absolute atomic E-state index is 0.187. The average Bonchev–Trinajstić information content (AvgIpc) is 3.14. The summed E-state index contributed by atoms with van der Waals surface area (Å²) in [4.78, 5) is 29.9. The van der Waals surface area contributed by atoms with Crippen LogP contribution in [0.25, 0.3) is 0 Å². The fourth-order valence-electron chi connectivity index (χ4n) is 5.32. The largest absolute Gasteiger partial charge is 0.497 e. The molecule has 2 heterocycles. The van der Waals surface area contributed by atoms with E-state index in [1.165, 1.54) is 16.0 Å². The van der Waals surface area contributed by atoms with Gasteiger partial charge in [0.15, 0.2) is 0 Å². The predicted octanol–water partition coefficient (Wildman–Crippen LogP) is 6.60. The molecule has 0 radical (unpaired) electrons. The third kappa shape index (κ3) is 3.01. The number of hydrogen-bond donors (Lipinski definition) is 0. The number of imide groups is 1. The molecule has 2 aliphatic rings. The van der Waals surface area contributed by atoms with E-state index in [0.29, 0.717) is 22.6 Å². The van der Waals surface area contributed by atoms with Gasteiger partial charge in [-0.3, -0.25) is 9.59 Å². The first-order valence-electron chi connectivity index (χ1n) is 11.6. The average molecular weight is 461 g/mol. The van der Waals surface area contributed by atoms with Crippen molar-refractivity contribution in [1.82, 2.24) is 0 Å². The van der Waals surface area contributed by atoms with Crippen molar-refractivity contribution in [3.8, 4) is 5.75 Å². The second-order valence-electron chi connectivity index (χ2n) is 9.38. The van der Waals surface area contributed by atoms with E-state index < -0.39 is 0 Å². The normalized spacial score (nSPS) is 15.5. The number of amides is 2. The molecule has 35 heavy (non-hydrogen) atoms. The van der Waals surface area contributed by atoms with Crippen LogP contribution in [0.1, 0.15) is 45.7 Å². The van der Waals surface area contributed by atoms with Gasteiger partial charge in [0.25, 0.3) is 11.8 Å². The number of ether oxygens (including phenoxy) is 1. The zero-order valence-corrected chi connectivity index (χ0v) is 19.8. The van der Waals surface area contributed by atoms with Gasteiger partial charge in [0.05, 0.1) is 41.0 Å². The molecule has 0 aliphatic carbocycles. The minimum atomic E-state index is -0.328. The zero-order chi connectivity index (χ0) is 24.3. The van der Waals surface area contributed by atoms with Gasteiger partial charge in [-0.15, -0.1) is 0 Å². The molecule has 0 saturated carbocycles. The van der Waals surface area contributed by atoms with Crippen molar-refractivity contribution >= 4 is 34.6 Å². The van der Waals surface area contributed by atoms with Crippen LogP contribution in [0.3, 0.4) is 0 Å². The van der Waals surface area contributed by atoms with Gasteiger partial charge < -0.3 is 9.64 Å². The molecule has 5 heteroatoms. The quantitative estimate of drug-likeness (QED) is 0.323. The van der Waals surface area contributed by atoms with Crippen LogP contribution >= 0.6 is 0 Å². The summed E-state index contributed by atoms with van der Waals surface area (Å²) in [7, 11) is 1.59. The topological polar surface area (TPSA) is 49.9 Å². The molecule has 2 amide bonds. The van der Waals surface area contributed by atoms with Crippen molar-refractivity contribution in [2.45, 2.75) is 19.3 Å². The molecule has 2 aliphatic heterocycles. The summed E-state index contributed by atoms with van der Waals surface area (Å²) in [5, 5.41) is 0. The van der Waals surface area contributed by atoms with Gasteiger partial charge in [0, 0.05) is 17.5 Å². The highest BCUT2D eigenvalue weighted by Crippen LogP contribution is 2.52. The molecular formula is C30H24N2O3. The Balaban J connectivity index is 1.56. The summed E-state index contributed by atoms with van der Waals surface area (Å²) in [5.74, 6) is -0.0930. The first-order chi connectivity index (χ1) is 16.9. The highest BCUT2D eigenvalue weighted by Gasteiger charge is 2.39.